The van der Waals surface area contributed by atoms with Crippen molar-refractivity contribution >= 4 is 80.0 Å². The van der Waals surface area contributed by atoms with E-state index in [1.165, 1.54) is 29.2 Å². The monoisotopic (exact) mass is 1410 g/mol. The van der Waals surface area contributed by atoms with Crippen molar-refractivity contribution in [1.29, 1.82) is 0 Å². The molecule has 0 radical (unpaired) electrons. The molecule has 0 saturated carbocycles. The third-order valence-electron chi connectivity index (χ3n) is 15.7. The van der Waals surface area contributed by atoms with Crippen molar-refractivity contribution in [3.63, 3.8) is 0 Å². The lowest BCUT2D eigenvalue weighted by Gasteiger charge is -2.52. The van der Waals surface area contributed by atoms with Crippen LogP contribution in [0.5, 0.6) is 0 Å². The van der Waals surface area contributed by atoms with Gasteiger partial charge in [0.15, 0.2) is 51.4 Å². The SMILES string of the molecule is CCC(CC)N(CC(=O)OC[C@H]1O[C@@H](O[Si](C)(C)C(C)(C)C)[C@H](N=[N+]=[N-])[C@@H](O[C@@H]2O[C@H](COC(C)=O)[C@H](OC(C)=O)[C@H](O[C@]3(C(=O)OC)C[C@H](OC(C)=O)[C@@H](NC(C)=O)[C@H]([C@H](OC(C)=O)[C@@H](COC(C)=O)OC(C)=O)O3)[C@H]2OC(=O)c2ccccc2)[C@H]1OC(C)=O)C(=O)OC(C)(C)C. The fourth-order valence-corrected chi connectivity index (χ4v) is 11.7. The summed E-state index contributed by atoms with van der Waals surface area (Å²) in [6.45, 7) is 22.1. The molecule has 3 heterocycles. The Hall–Kier alpha value is -8.05. The van der Waals surface area contributed by atoms with Crippen LogP contribution >= 0.6 is 0 Å². The average Bonchev–Trinajstić information content (AvgIpc) is 0.744. The summed E-state index contributed by atoms with van der Waals surface area (Å²) in [4.78, 5) is 167. The van der Waals surface area contributed by atoms with Crippen molar-refractivity contribution in [3.8, 4) is 0 Å². The largest absolute Gasteiger partial charge is 0.465 e. The summed E-state index contributed by atoms with van der Waals surface area (Å²) in [7, 11) is -2.32. The molecule has 1 aromatic rings. The Bertz CT molecular complexity index is 3040. The molecule has 34 nitrogen and oxygen atoms in total. The number of nitrogens with one attached hydrogen (secondary N) is 1. The standard InChI is InChI=1S/C63H93N5O29Si/c1-20-41(21-2)68(60(80)96-61(11,12)13)28-46(77)84-31-45-49(87-37(8)74)52(48(66-67-64)57(90-45)97-98(18,19)62(14,15)16)93-58-55(92-56(78)40-25-23-22-24-26-40)54(51(89-39(10)76)44(91-58)30-83-34(5)71)95-63(59(79)81-17)27-42(85-35(6)72)47(65-32(3)69)53(94-63)50(88-38(9)75)43(86-36(7)73)29-82-33(4)70/h22-26,41-45,47-55,57-58H,20-21,27-31H2,1-19H3,(H,65,69)/t42-,43+,44+,45+,47+,48+,49-,50+,51-,52+,53+,54-,55+,57-,58-,63-/m0/s1. The van der Waals surface area contributed by atoms with E-state index in [9.17, 15) is 58.3 Å². The van der Waals surface area contributed by atoms with Gasteiger partial charge in [-0.05, 0) is 69.4 Å². The molecule has 1 N–H and O–H groups in total. The summed E-state index contributed by atoms with van der Waals surface area (Å²) in [6, 6.07) is 2.98. The molecule has 2 amide bonds. The number of esters is 10. The number of hydrogen-bond acceptors (Lipinski definition) is 30. The van der Waals surface area contributed by atoms with Gasteiger partial charge in [0.1, 0.15) is 74.6 Å². The summed E-state index contributed by atoms with van der Waals surface area (Å²) in [5.41, 5.74) is 9.31. The molecule has 0 bridgehead atoms. The second-order valence-electron chi connectivity index (χ2n) is 25.7. The zero-order valence-corrected chi connectivity index (χ0v) is 59.7. The van der Waals surface area contributed by atoms with Gasteiger partial charge < -0.3 is 85.5 Å². The van der Waals surface area contributed by atoms with Gasteiger partial charge >= 0.3 is 65.8 Å². The van der Waals surface area contributed by atoms with E-state index in [2.05, 4.69) is 15.3 Å². The summed E-state index contributed by atoms with van der Waals surface area (Å²) in [6.07, 6.45) is -27.6. The van der Waals surface area contributed by atoms with Crippen LogP contribution in [0.2, 0.25) is 18.1 Å². The fraction of sp³-hybridized carbons (Fsp3) is 0.714. The highest BCUT2D eigenvalue weighted by atomic mass is 28.4. The Morgan fingerprint density at radius 3 is 1.73 bits per heavy atom. The zero-order valence-electron chi connectivity index (χ0n) is 58.7. The highest BCUT2D eigenvalue weighted by Crippen LogP contribution is 2.44. The van der Waals surface area contributed by atoms with Gasteiger partial charge in [-0.25, -0.2) is 14.4 Å². The number of rotatable bonds is 29. The number of carbonyl (C=O) groups excluding carboxylic acids is 12. The number of ether oxygens (including phenoxy) is 16. The first-order valence-electron chi connectivity index (χ1n) is 31.5. The molecule has 4 rings (SSSR count). The Morgan fingerprint density at radius 1 is 0.694 bits per heavy atom. The second kappa shape index (κ2) is 36.2. The van der Waals surface area contributed by atoms with E-state index in [0.717, 1.165) is 62.5 Å². The van der Waals surface area contributed by atoms with E-state index >= 15 is 4.79 Å². The number of nitrogens with zero attached hydrogens (tertiary/aromatic N) is 4. The smallest absolute Gasteiger partial charge is 0.411 e. The lowest BCUT2D eigenvalue weighted by atomic mass is 9.87. The highest BCUT2D eigenvalue weighted by Gasteiger charge is 2.65. The van der Waals surface area contributed by atoms with Crippen LogP contribution in [0.1, 0.15) is 140 Å². The number of benzene rings is 1. The first-order chi connectivity index (χ1) is 45.6. The molecule has 548 valence electrons. The van der Waals surface area contributed by atoms with Crippen LogP contribution in [-0.2, 0) is 128 Å². The molecule has 0 aliphatic carbocycles. The topological polar surface area (TPSA) is 426 Å². The van der Waals surface area contributed by atoms with E-state index in [4.69, 9.17) is 80.2 Å². The van der Waals surface area contributed by atoms with E-state index in [1.54, 1.807) is 53.8 Å². The minimum absolute atomic E-state index is 0.190. The maximum absolute atomic E-state index is 15.2. The minimum atomic E-state index is -3.24. The molecule has 35 heteroatoms. The molecule has 0 unspecified atom stereocenters. The molecular weight excluding hydrogens is 1320 g/mol. The first kappa shape index (κ1) is 82.4. The zero-order chi connectivity index (χ0) is 73.9. The number of methoxy groups -OCH3 is 1. The van der Waals surface area contributed by atoms with E-state index < -0.39 is 227 Å². The van der Waals surface area contributed by atoms with Crippen LogP contribution in [0, 0.1) is 0 Å². The lowest BCUT2D eigenvalue weighted by molar-refractivity contribution is -0.379. The quantitative estimate of drug-likeness (QED) is 0.0274. The average molecular weight is 1410 g/mol. The third-order valence-corrected chi connectivity index (χ3v) is 20.2. The third kappa shape index (κ3) is 23.6. The van der Waals surface area contributed by atoms with Crippen molar-refractivity contribution in [1.82, 2.24) is 10.2 Å². The van der Waals surface area contributed by atoms with Crippen LogP contribution in [0.4, 0.5) is 4.79 Å². The predicted octanol–water partition coefficient (Wildman–Crippen LogP) is 5.05. The van der Waals surface area contributed by atoms with Crippen LogP contribution in [0.3, 0.4) is 0 Å². The maximum atomic E-state index is 15.2. The van der Waals surface area contributed by atoms with Gasteiger partial charge in [0.05, 0.1) is 25.1 Å². The highest BCUT2D eigenvalue weighted by molar-refractivity contribution is 6.74. The summed E-state index contributed by atoms with van der Waals surface area (Å²) < 4.78 is 103. The molecule has 0 aromatic heterocycles. The molecular formula is C63H93N5O29Si. The predicted molar refractivity (Wildman–Crippen MR) is 335 cm³/mol. The Kier molecular flexibility index (Phi) is 30.4. The van der Waals surface area contributed by atoms with Gasteiger partial charge in [0.2, 0.25) is 5.91 Å². The summed E-state index contributed by atoms with van der Waals surface area (Å²) in [5.74, 6) is -15.3. The lowest BCUT2D eigenvalue weighted by Crippen LogP contribution is -2.72. The molecule has 3 aliphatic heterocycles. The fourth-order valence-electron chi connectivity index (χ4n) is 10.6. The van der Waals surface area contributed by atoms with Gasteiger partial charge in [-0.1, -0.05) is 57.9 Å². The van der Waals surface area contributed by atoms with Gasteiger partial charge in [-0.3, -0.25) is 48.1 Å². The van der Waals surface area contributed by atoms with Crippen molar-refractivity contribution in [2.75, 3.05) is 33.5 Å². The number of hydrogen-bond donors (Lipinski definition) is 1. The van der Waals surface area contributed by atoms with Crippen molar-refractivity contribution in [2.45, 2.75) is 257 Å². The molecule has 3 saturated heterocycles. The van der Waals surface area contributed by atoms with E-state index in [1.807, 2.05) is 20.8 Å². The van der Waals surface area contributed by atoms with Gasteiger partial charge in [0, 0.05) is 66.3 Å². The molecule has 3 aliphatic rings. The normalized spacial score (nSPS) is 26.1. The van der Waals surface area contributed by atoms with Crippen molar-refractivity contribution in [2.24, 2.45) is 5.11 Å². The summed E-state index contributed by atoms with van der Waals surface area (Å²) in [5, 5.41) is 5.97. The van der Waals surface area contributed by atoms with E-state index in [-0.39, 0.29) is 5.56 Å². The number of carbonyl (C=O) groups is 12. The number of amides is 2. The van der Waals surface area contributed by atoms with Gasteiger partial charge in [-0.2, -0.15) is 0 Å². The molecule has 0 spiro atoms. The van der Waals surface area contributed by atoms with Crippen LogP contribution < -0.4 is 5.32 Å². The first-order valence-corrected chi connectivity index (χ1v) is 34.5. The Labute approximate surface area is 568 Å². The Morgan fingerprint density at radius 2 is 1.24 bits per heavy atom. The molecule has 3 fully saturated rings. The second-order valence-corrected chi connectivity index (χ2v) is 30.5. The van der Waals surface area contributed by atoms with Gasteiger partial charge in [-0.15, -0.1) is 0 Å². The molecule has 1 aromatic carbocycles. The van der Waals surface area contributed by atoms with Crippen LogP contribution in [0.25, 0.3) is 10.4 Å². The van der Waals surface area contributed by atoms with Crippen molar-refractivity contribution in [3.05, 3.63) is 46.3 Å². The van der Waals surface area contributed by atoms with Crippen LogP contribution in [0.15, 0.2) is 35.4 Å². The van der Waals surface area contributed by atoms with Gasteiger partial charge in [0.25, 0.3) is 5.79 Å². The van der Waals surface area contributed by atoms with Crippen LogP contribution in [-0.4, -0.2) is 228 Å². The van der Waals surface area contributed by atoms with Crippen molar-refractivity contribution < 1.29 is 138 Å². The molecule has 16 atom stereocenters. The maximum Gasteiger partial charge on any atom is 0.411 e. The Balaban J connectivity index is 2.19. The molecule has 98 heavy (non-hydrogen) atoms. The summed E-state index contributed by atoms with van der Waals surface area (Å²) >= 11 is 0. The minimum Gasteiger partial charge on any atom is -0.465 e. The van der Waals surface area contributed by atoms with E-state index in [0.29, 0.717) is 12.8 Å². The number of azide groups is 1.